The molecule has 0 bridgehead atoms. The number of hydrogen-bond acceptors (Lipinski definition) is 4. The van der Waals surface area contributed by atoms with Crippen molar-refractivity contribution in [1.82, 2.24) is 0 Å². The molecule has 0 aliphatic rings. The summed E-state index contributed by atoms with van der Waals surface area (Å²) >= 11 is 6.09. The van der Waals surface area contributed by atoms with Crippen LogP contribution in [-0.4, -0.2) is 12.0 Å². The monoisotopic (exact) mass is 266 g/mol. The van der Waals surface area contributed by atoms with Crippen molar-refractivity contribution >= 4 is 22.3 Å². The van der Waals surface area contributed by atoms with E-state index in [1.54, 1.807) is 13.0 Å². The van der Waals surface area contributed by atoms with Crippen molar-refractivity contribution in [1.29, 1.82) is 5.26 Å². The number of para-hydroxylation sites is 1. The molecule has 0 aromatic heterocycles. The summed E-state index contributed by atoms with van der Waals surface area (Å²) in [5.74, 6) is 0.0636. The Balaban J connectivity index is 3.52. The maximum Gasteiger partial charge on any atom is 0.311 e. The van der Waals surface area contributed by atoms with E-state index in [0.29, 0.717) is 17.6 Å². The average molecular weight is 267 g/mol. The van der Waals surface area contributed by atoms with Gasteiger partial charge in [-0.05, 0) is 12.5 Å². The minimum Gasteiger partial charge on any atom is -0.490 e. The van der Waals surface area contributed by atoms with Crippen molar-refractivity contribution in [2.75, 3.05) is 7.11 Å². The second-order valence-electron chi connectivity index (χ2n) is 3.37. The maximum absolute atomic E-state index is 10.9. The van der Waals surface area contributed by atoms with Gasteiger partial charge in [0.2, 0.25) is 5.75 Å². The van der Waals surface area contributed by atoms with E-state index in [2.05, 4.69) is 0 Å². The molecule has 0 saturated carbocycles. The Morgan fingerprint density at radius 3 is 2.72 bits per heavy atom. The zero-order valence-electron chi connectivity index (χ0n) is 9.94. The molecule has 0 saturated heterocycles. The van der Waals surface area contributed by atoms with Crippen LogP contribution in [0.4, 0.5) is 5.69 Å². The highest BCUT2D eigenvalue weighted by Gasteiger charge is 2.21. The van der Waals surface area contributed by atoms with E-state index >= 15 is 0 Å². The number of allylic oxidation sites excluding steroid dienone is 1. The zero-order chi connectivity index (χ0) is 13.7. The smallest absolute Gasteiger partial charge is 0.311 e. The predicted molar refractivity (Wildman–Crippen MR) is 68.3 cm³/mol. The van der Waals surface area contributed by atoms with Gasteiger partial charge in [-0.1, -0.05) is 24.6 Å². The van der Waals surface area contributed by atoms with Crippen molar-refractivity contribution < 1.29 is 9.66 Å². The molecule has 0 unspecified atom stereocenters. The lowest BCUT2D eigenvalue weighted by Gasteiger charge is -2.08. The maximum atomic E-state index is 10.9. The van der Waals surface area contributed by atoms with Gasteiger partial charge in [0.15, 0.2) is 0 Å². The van der Waals surface area contributed by atoms with E-state index in [1.165, 1.54) is 19.2 Å². The summed E-state index contributed by atoms with van der Waals surface area (Å²) < 4.78 is 5.03. The number of ether oxygens (including phenoxy) is 1. The zero-order valence-corrected chi connectivity index (χ0v) is 10.7. The van der Waals surface area contributed by atoms with E-state index in [9.17, 15) is 10.1 Å². The molecule has 0 amide bonds. The lowest BCUT2D eigenvalue weighted by atomic mass is 10.1. The molecule has 0 heterocycles. The summed E-state index contributed by atoms with van der Waals surface area (Å²) in [6, 6.07) is 6.38. The van der Waals surface area contributed by atoms with Crippen LogP contribution >= 0.6 is 11.6 Å². The third kappa shape index (κ3) is 2.60. The van der Waals surface area contributed by atoms with Crippen LogP contribution in [0.5, 0.6) is 5.75 Å². The molecular weight excluding hydrogens is 256 g/mol. The van der Waals surface area contributed by atoms with Gasteiger partial charge in [0.1, 0.15) is 0 Å². The first-order valence-corrected chi connectivity index (χ1v) is 5.55. The molecular formula is C12H11ClN2O3. The van der Waals surface area contributed by atoms with Crippen LogP contribution in [-0.2, 0) is 0 Å². The van der Waals surface area contributed by atoms with E-state index in [1.807, 2.05) is 6.07 Å². The molecule has 18 heavy (non-hydrogen) atoms. The molecule has 0 fully saturated rings. The van der Waals surface area contributed by atoms with Crippen LogP contribution in [0.3, 0.4) is 0 Å². The number of rotatable bonds is 4. The normalized spacial score (nSPS) is 11.4. The number of nitrogens with zero attached hydrogens (tertiary/aromatic N) is 2. The quantitative estimate of drug-likeness (QED) is 0.475. The summed E-state index contributed by atoms with van der Waals surface area (Å²) in [5, 5.41) is 20.0. The molecule has 1 aromatic carbocycles. The van der Waals surface area contributed by atoms with Crippen molar-refractivity contribution in [3.05, 3.63) is 39.4 Å². The third-order valence-electron chi connectivity index (χ3n) is 2.39. The number of halogens is 1. The molecule has 94 valence electrons. The average Bonchev–Trinajstić information content (AvgIpc) is 2.38. The minimum absolute atomic E-state index is 0.0636. The Kier molecular flexibility index (Phi) is 4.69. The molecule has 6 heteroatoms. The number of benzene rings is 1. The van der Waals surface area contributed by atoms with Crippen LogP contribution < -0.4 is 4.74 Å². The van der Waals surface area contributed by atoms with Gasteiger partial charge in [-0.25, -0.2) is 0 Å². The van der Waals surface area contributed by atoms with Gasteiger partial charge in [0.05, 0.1) is 23.1 Å². The summed E-state index contributed by atoms with van der Waals surface area (Å²) in [5.41, 5.74) is 0.531. The minimum atomic E-state index is -0.551. The van der Waals surface area contributed by atoms with E-state index < -0.39 is 4.92 Å². The van der Waals surface area contributed by atoms with Crippen molar-refractivity contribution in [3.63, 3.8) is 0 Å². The summed E-state index contributed by atoms with van der Waals surface area (Å²) in [4.78, 5) is 10.3. The van der Waals surface area contributed by atoms with Crippen LogP contribution in [0.1, 0.15) is 18.9 Å². The first kappa shape index (κ1) is 14.0. The second kappa shape index (κ2) is 6.03. The van der Waals surface area contributed by atoms with Crippen LogP contribution in [0.15, 0.2) is 23.8 Å². The van der Waals surface area contributed by atoms with E-state index in [4.69, 9.17) is 21.6 Å². The van der Waals surface area contributed by atoms with E-state index in [-0.39, 0.29) is 16.5 Å². The van der Waals surface area contributed by atoms with Gasteiger partial charge >= 0.3 is 5.69 Å². The van der Waals surface area contributed by atoms with Gasteiger partial charge in [-0.2, -0.15) is 5.26 Å². The third-order valence-corrected chi connectivity index (χ3v) is 2.82. The van der Waals surface area contributed by atoms with Crippen LogP contribution in [0.2, 0.25) is 0 Å². The SMILES string of the molecule is CC/C(C#N)=C(/Cl)c1cccc([N+](=O)[O-])c1OC. The lowest BCUT2D eigenvalue weighted by Crippen LogP contribution is -1.97. The standard InChI is InChI=1S/C12H11ClN2O3/c1-3-8(7-14)11(13)9-5-4-6-10(15(16)17)12(9)18-2/h4-6H,3H2,1-2H3/b11-8-. The summed E-state index contributed by atoms with van der Waals surface area (Å²) in [6.07, 6.45) is 0.446. The highest BCUT2D eigenvalue weighted by atomic mass is 35.5. The topological polar surface area (TPSA) is 76.2 Å². The molecule has 0 aliphatic carbocycles. The van der Waals surface area contributed by atoms with Gasteiger partial charge in [0.25, 0.3) is 0 Å². The molecule has 0 spiro atoms. The van der Waals surface area contributed by atoms with Gasteiger partial charge in [-0.3, -0.25) is 10.1 Å². The number of hydrogen-bond donors (Lipinski definition) is 0. The Morgan fingerprint density at radius 2 is 2.28 bits per heavy atom. The molecule has 0 atom stereocenters. The van der Waals surface area contributed by atoms with E-state index in [0.717, 1.165) is 0 Å². The molecule has 0 N–H and O–H groups in total. The largest absolute Gasteiger partial charge is 0.490 e. The Bertz CT molecular complexity index is 547. The fourth-order valence-electron chi connectivity index (χ4n) is 1.50. The number of methoxy groups -OCH3 is 1. The van der Waals surface area contributed by atoms with Crippen molar-refractivity contribution in [2.45, 2.75) is 13.3 Å². The van der Waals surface area contributed by atoms with Gasteiger partial charge in [-0.15, -0.1) is 0 Å². The summed E-state index contributed by atoms with van der Waals surface area (Å²) in [7, 11) is 1.33. The second-order valence-corrected chi connectivity index (χ2v) is 3.75. The summed E-state index contributed by atoms with van der Waals surface area (Å²) in [6.45, 7) is 1.78. The molecule has 1 rings (SSSR count). The van der Waals surface area contributed by atoms with Crippen molar-refractivity contribution in [2.24, 2.45) is 0 Å². The highest BCUT2D eigenvalue weighted by molar-refractivity contribution is 6.50. The number of nitro groups is 1. The highest BCUT2D eigenvalue weighted by Crippen LogP contribution is 2.38. The van der Waals surface area contributed by atoms with Crippen molar-refractivity contribution in [3.8, 4) is 11.8 Å². The Hall–Kier alpha value is -2.06. The molecule has 0 radical (unpaired) electrons. The fourth-order valence-corrected chi connectivity index (χ4v) is 1.83. The Morgan fingerprint density at radius 1 is 1.61 bits per heavy atom. The predicted octanol–water partition coefficient (Wildman–Crippen LogP) is 3.49. The van der Waals surface area contributed by atoms with Crippen LogP contribution in [0, 0.1) is 21.4 Å². The fraction of sp³-hybridized carbons (Fsp3) is 0.250. The molecule has 1 aromatic rings. The first-order valence-electron chi connectivity index (χ1n) is 5.17. The number of nitriles is 1. The molecule has 5 nitrogen and oxygen atoms in total. The first-order chi connectivity index (χ1) is 8.56. The van der Waals surface area contributed by atoms with Gasteiger partial charge in [0, 0.05) is 17.2 Å². The van der Waals surface area contributed by atoms with Crippen LogP contribution in [0.25, 0.3) is 5.03 Å². The van der Waals surface area contributed by atoms with Gasteiger partial charge < -0.3 is 4.74 Å². The Labute approximate surface area is 109 Å². The number of nitro benzene ring substituents is 1. The molecule has 0 aliphatic heterocycles. The lowest BCUT2D eigenvalue weighted by molar-refractivity contribution is -0.385.